The van der Waals surface area contributed by atoms with Crippen molar-refractivity contribution in [3.05, 3.63) is 23.8 Å². The van der Waals surface area contributed by atoms with Gasteiger partial charge in [-0.2, -0.15) is 0 Å². The molecule has 0 saturated carbocycles. The molecule has 0 saturated heterocycles. The fraction of sp³-hybridized carbons (Fsp3) is 0.533. The average Bonchev–Trinajstić information content (AvgIpc) is 2.47. The van der Waals surface area contributed by atoms with Crippen LogP contribution in [0.4, 0.5) is 0 Å². The van der Waals surface area contributed by atoms with Gasteiger partial charge in [-0.15, -0.1) is 0 Å². The first-order valence-electron chi connectivity index (χ1n) is 6.92. The topological polar surface area (TPSA) is 75.8 Å². The number of phenolic OH excluding ortho intramolecular Hbond substituents is 1. The Kier molecular flexibility index (Phi) is 6.31. The van der Waals surface area contributed by atoms with Crippen molar-refractivity contribution in [2.45, 2.75) is 20.3 Å². The van der Waals surface area contributed by atoms with Crippen molar-refractivity contribution in [2.75, 3.05) is 26.7 Å². The summed E-state index contributed by atoms with van der Waals surface area (Å²) in [6.07, 6.45) is 0.544. The monoisotopic (exact) mass is 280 g/mol. The van der Waals surface area contributed by atoms with E-state index in [2.05, 4.69) is 0 Å². The molecule has 1 atom stereocenters. The molecule has 20 heavy (non-hydrogen) atoms. The quantitative estimate of drug-likeness (QED) is 0.791. The number of nitrogens with zero attached hydrogens (tertiary/aromatic N) is 1. The summed E-state index contributed by atoms with van der Waals surface area (Å²) in [7, 11) is 1.50. The minimum Gasteiger partial charge on any atom is -0.504 e. The molecule has 1 amide bonds. The van der Waals surface area contributed by atoms with E-state index in [-0.39, 0.29) is 17.6 Å². The Hall–Kier alpha value is -1.75. The third-order valence-corrected chi connectivity index (χ3v) is 3.44. The van der Waals surface area contributed by atoms with Gasteiger partial charge in [0.2, 0.25) is 5.91 Å². The standard InChI is InChI=1S/C15H24N2O3/c1-4-17(5-2)15(19)12(10-16)8-11-6-7-13(18)14(9-11)20-3/h6-7,9,12,18H,4-5,8,10,16H2,1-3H3. The van der Waals surface area contributed by atoms with Gasteiger partial charge in [0.05, 0.1) is 13.0 Å². The number of hydrogen-bond donors (Lipinski definition) is 2. The zero-order valence-electron chi connectivity index (χ0n) is 12.4. The number of carbonyl (C=O) groups is 1. The molecule has 0 bridgehead atoms. The second-order valence-corrected chi connectivity index (χ2v) is 4.65. The summed E-state index contributed by atoms with van der Waals surface area (Å²) in [6, 6.07) is 5.10. The summed E-state index contributed by atoms with van der Waals surface area (Å²) >= 11 is 0. The third-order valence-electron chi connectivity index (χ3n) is 3.44. The van der Waals surface area contributed by atoms with Gasteiger partial charge in [-0.05, 0) is 38.0 Å². The Morgan fingerprint density at radius 3 is 2.55 bits per heavy atom. The maximum absolute atomic E-state index is 12.3. The van der Waals surface area contributed by atoms with E-state index in [4.69, 9.17) is 10.5 Å². The van der Waals surface area contributed by atoms with Crippen molar-refractivity contribution in [3.63, 3.8) is 0 Å². The molecule has 0 aliphatic carbocycles. The zero-order chi connectivity index (χ0) is 15.1. The molecule has 0 aromatic heterocycles. The molecule has 112 valence electrons. The van der Waals surface area contributed by atoms with Crippen LogP contribution >= 0.6 is 0 Å². The van der Waals surface area contributed by atoms with Crippen LogP contribution in [0.15, 0.2) is 18.2 Å². The Labute approximate surface area is 120 Å². The molecule has 1 aromatic carbocycles. The molecule has 1 unspecified atom stereocenters. The number of phenols is 1. The van der Waals surface area contributed by atoms with Gasteiger partial charge in [-0.25, -0.2) is 0 Å². The first-order chi connectivity index (χ1) is 9.57. The highest BCUT2D eigenvalue weighted by Gasteiger charge is 2.22. The molecule has 0 heterocycles. The molecule has 1 rings (SSSR count). The Balaban J connectivity index is 2.85. The van der Waals surface area contributed by atoms with E-state index in [1.165, 1.54) is 7.11 Å². The van der Waals surface area contributed by atoms with Gasteiger partial charge in [-0.3, -0.25) is 4.79 Å². The minimum absolute atomic E-state index is 0.0736. The van der Waals surface area contributed by atoms with E-state index in [0.717, 1.165) is 5.56 Å². The van der Waals surface area contributed by atoms with Crippen LogP contribution in [-0.2, 0) is 11.2 Å². The van der Waals surface area contributed by atoms with Crippen LogP contribution in [-0.4, -0.2) is 42.7 Å². The number of nitrogens with two attached hydrogens (primary N) is 1. The number of methoxy groups -OCH3 is 1. The van der Waals surface area contributed by atoms with E-state index in [0.29, 0.717) is 31.8 Å². The number of aromatic hydroxyl groups is 1. The predicted octanol–water partition coefficient (Wildman–Crippen LogP) is 1.39. The largest absolute Gasteiger partial charge is 0.504 e. The Morgan fingerprint density at radius 1 is 1.40 bits per heavy atom. The summed E-state index contributed by atoms with van der Waals surface area (Å²) < 4.78 is 5.07. The minimum atomic E-state index is -0.246. The van der Waals surface area contributed by atoms with E-state index in [1.807, 2.05) is 13.8 Å². The number of carbonyl (C=O) groups excluding carboxylic acids is 1. The van der Waals surface area contributed by atoms with Crippen molar-refractivity contribution in [2.24, 2.45) is 11.7 Å². The van der Waals surface area contributed by atoms with Crippen LogP contribution in [0.5, 0.6) is 11.5 Å². The molecular formula is C15H24N2O3. The summed E-state index contributed by atoms with van der Waals surface area (Å²) in [6.45, 7) is 5.59. The molecule has 0 fully saturated rings. The number of benzene rings is 1. The average molecular weight is 280 g/mol. The zero-order valence-corrected chi connectivity index (χ0v) is 12.4. The van der Waals surface area contributed by atoms with Crippen molar-refractivity contribution < 1.29 is 14.6 Å². The molecule has 0 radical (unpaired) electrons. The van der Waals surface area contributed by atoms with Gasteiger partial charge in [0.25, 0.3) is 0 Å². The molecule has 0 aliphatic heterocycles. The maximum Gasteiger partial charge on any atom is 0.227 e. The van der Waals surface area contributed by atoms with Crippen LogP contribution in [0.2, 0.25) is 0 Å². The SMILES string of the molecule is CCN(CC)C(=O)C(CN)Cc1ccc(O)c(OC)c1. The van der Waals surface area contributed by atoms with E-state index in [9.17, 15) is 9.90 Å². The number of hydrogen-bond acceptors (Lipinski definition) is 4. The van der Waals surface area contributed by atoms with Crippen LogP contribution < -0.4 is 10.5 Å². The lowest BCUT2D eigenvalue weighted by molar-refractivity contribution is -0.134. The van der Waals surface area contributed by atoms with Gasteiger partial charge >= 0.3 is 0 Å². The fourth-order valence-corrected chi connectivity index (χ4v) is 2.20. The van der Waals surface area contributed by atoms with Gasteiger partial charge in [0, 0.05) is 19.6 Å². The second kappa shape index (κ2) is 7.75. The summed E-state index contributed by atoms with van der Waals surface area (Å²) in [4.78, 5) is 14.1. The maximum atomic E-state index is 12.3. The van der Waals surface area contributed by atoms with Gasteiger partial charge < -0.3 is 20.5 Å². The number of ether oxygens (including phenoxy) is 1. The third kappa shape index (κ3) is 3.87. The van der Waals surface area contributed by atoms with Gasteiger partial charge in [0.1, 0.15) is 0 Å². The van der Waals surface area contributed by atoms with Gasteiger partial charge in [0.15, 0.2) is 11.5 Å². The molecule has 0 spiro atoms. The lowest BCUT2D eigenvalue weighted by atomic mass is 9.97. The van der Waals surface area contributed by atoms with E-state index >= 15 is 0 Å². The first-order valence-corrected chi connectivity index (χ1v) is 6.92. The van der Waals surface area contributed by atoms with E-state index < -0.39 is 0 Å². The molecule has 1 aromatic rings. The lowest BCUT2D eigenvalue weighted by Crippen LogP contribution is -2.39. The fourth-order valence-electron chi connectivity index (χ4n) is 2.20. The summed E-state index contributed by atoms with van der Waals surface area (Å²) in [5.74, 6) is 0.331. The first kappa shape index (κ1) is 16.3. The number of amides is 1. The highest BCUT2D eigenvalue weighted by Crippen LogP contribution is 2.27. The van der Waals surface area contributed by atoms with Crippen molar-refractivity contribution >= 4 is 5.91 Å². The van der Waals surface area contributed by atoms with Crippen molar-refractivity contribution in [1.82, 2.24) is 4.90 Å². The van der Waals surface area contributed by atoms with Crippen LogP contribution in [0.3, 0.4) is 0 Å². The summed E-state index contributed by atoms with van der Waals surface area (Å²) in [5, 5.41) is 9.57. The highest BCUT2D eigenvalue weighted by molar-refractivity contribution is 5.79. The van der Waals surface area contributed by atoms with Crippen molar-refractivity contribution in [1.29, 1.82) is 0 Å². The molecule has 5 heteroatoms. The van der Waals surface area contributed by atoms with Crippen LogP contribution in [0.1, 0.15) is 19.4 Å². The Morgan fingerprint density at radius 2 is 2.05 bits per heavy atom. The highest BCUT2D eigenvalue weighted by atomic mass is 16.5. The second-order valence-electron chi connectivity index (χ2n) is 4.65. The number of rotatable bonds is 7. The smallest absolute Gasteiger partial charge is 0.227 e. The van der Waals surface area contributed by atoms with Crippen molar-refractivity contribution in [3.8, 4) is 11.5 Å². The van der Waals surface area contributed by atoms with E-state index in [1.54, 1.807) is 23.1 Å². The molecule has 0 aliphatic rings. The Bertz CT molecular complexity index is 445. The lowest BCUT2D eigenvalue weighted by Gasteiger charge is -2.24. The summed E-state index contributed by atoms with van der Waals surface area (Å²) in [5.41, 5.74) is 6.67. The predicted molar refractivity (Wildman–Crippen MR) is 78.8 cm³/mol. The molecular weight excluding hydrogens is 256 g/mol. The molecule has 3 N–H and O–H groups in total. The normalized spacial score (nSPS) is 12.0. The van der Waals surface area contributed by atoms with Gasteiger partial charge in [-0.1, -0.05) is 6.07 Å². The van der Waals surface area contributed by atoms with Crippen LogP contribution in [0, 0.1) is 5.92 Å². The van der Waals surface area contributed by atoms with Crippen LogP contribution in [0.25, 0.3) is 0 Å². The molecule has 5 nitrogen and oxygen atoms in total.